The number of halogens is 1. The van der Waals surface area contributed by atoms with Crippen LogP contribution in [-0.4, -0.2) is 33.0 Å². The summed E-state index contributed by atoms with van der Waals surface area (Å²) in [6.07, 6.45) is 0. The summed E-state index contributed by atoms with van der Waals surface area (Å²) in [6.45, 7) is 0.105. The number of ether oxygens (including phenoxy) is 1. The van der Waals surface area contributed by atoms with Gasteiger partial charge in [0, 0.05) is 23.8 Å². The highest BCUT2D eigenvalue weighted by atomic mass is 35.5. The number of nitrogens with zero attached hydrogens (tertiary/aromatic N) is 1. The molecule has 0 unspecified atom stereocenters. The van der Waals surface area contributed by atoms with E-state index < -0.39 is 10.0 Å². The summed E-state index contributed by atoms with van der Waals surface area (Å²) in [5, 5.41) is 4.41. The average molecular weight is 317 g/mol. The molecule has 0 aliphatic heterocycles. The molecule has 108 valence electrons. The first kappa shape index (κ1) is 14.8. The van der Waals surface area contributed by atoms with Gasteiger partial charge in [-0.2, -0.15) is 0 Å². The molecule has 2 rings (SSSR count). The Morgan fingerprint density at radius 2 is 2.05 bits per heavy atom. The first-order valence-electron chi connectivity index (χ1n) is 5.72. The number of hydrogen-bond donors (Lipinski definition) is 1. The Hall–Kier alpha value is -1.57. The Kier molecular flexibility index (Phi) is 4.64. The zero-order valence-corrected chi connectivity index (χ0v) is 12.2. The number of sulfonamides is 1. The number of benzene rings is 1. The van der Waals surface area contributed by atoms with E-state index in [1.165, 1.54) is 13.2 Å². The summed E-state index contributed by atoms with van der Waals surface area (Å²) >= 11 is 5.79. The van der Waals surface area contributed by atoms with Crippen molar-refractivity contribution < 1.29 is 17.7 Å². The van der Waals surface area contributed by atoms with Crippen LogP contribution in [0.15, 0.2) is 34.9 Å². The Bertz CT molecular complexity index is 667. The van der Waals surface area contributed by atoms with E-state index in [-0.39, 0.29) is 18.2 Å². The van der Waals surface area contributed by atoms with E-state index in [0.717, 1.165) is 5.56 Å². The molecule has 1 aromatic heterocycles. The summed E-state index contributed by atoms with van der Waals surface area (Å²) < 4.78 is 35.3. The predicted octanol–water partition coefficient (Wildman–Crippen LogP) is 2.38. The zero-order valence-electron chi connectivity index (χ0n) is 10.7. The lowest BCUT2D eigenvalue weighted by Gasteiger charge is -2.02. The number of hydrogen-bond acceptors (Lipinski definition) is 5. The minimum absolute atomic E-state index is 0.0612. The molecule has 1 heterocycles. The van der Waals surface area contributed by atoms with Crippen molar-refractivity contribution in [3.8, 4) is 11.3 Å². The second kappa shape index (κ2) is 6.25. The van der Waals surface area contributed by atoms with Crippen LogP contribution >= 0.6 is 11.6 Å². The van der Waals surface area contributed by atoms with Crippen LogP contribution in [-0.2, 0) is 14.8 Å². The number of anilines is 1. The number of methoxy groups -OCH3 is 1. The summed E-state index contributed by atoms with van der Waals surface area (Å²) in [5.74, 6) is -0.0911. The first-order chi connectivity index (χ1) is 9.50. The summed E-state index contributed by atoms with van der Waals surface area (Å²) in [4.78, 5) is 0. The van der Waals surface area contributed by atoms with Gasteiger partial charge >= 0.3 is 0 Å². The van der Waals surface area contributed by atoms with Gasteiger partial charge in [-0.15, -0.1) is 0 Å². The molecule has 0 fully saturated rings. The third kappa shape index (κ3) is 3.96. The van der Waals surface area contributed by atoms with Gasteiger partial charge in [0.2, 0.25) is 15.9 Å². The van der Waals surface area contributed by atoms with Gasteiger partial charge in [0.05, 0.1) is 12.4 Å². The molecule has 0 saturated carbocycles. The maximum absolute atomic E-state index is 11.7. The van der Waals surface area contributed by atoms with Gasteiger partial charge in [-0.05, 0) is 12.1 Å². The fourth-order valence-electron chi connectivity index (χ4n) is 1.48. The lowest BCUT2D eigenvalue weighted by molar-refractivity contribution is 0.217. The summed E-state index contributed by atoms with van der Waals surface area (Å²) in [6, 6.07) is 8.47. The van der Waals surface area contributed by atoms with Crippen LogP contribution in [0.2, 0.25) is 5.02 Å². The van der Waals surface area contributed by atoms with Crippen molar-refractivity contribution in [2.75, 3.05) is 24.2 Å². The molecular formula is C12H13ClN2O4S. The number of aromatic nitrogens is 1. The maximum atomic E-state index is 11.7. The van der Waals surface area contributed by atoms with Crippen LogP contribution in [0, 0.1) is 0 Å². The third-order valence-electron chi connectivity index (χ3n) is 2.46. The van der Waals surface area contributed by atoms with Gasteiger partial charge in [-0.3, -0.25) is 4.72 Å². The van der Waals surface area contributed by atoms with Crippen LogP contribution in [0.4, 0.5) is 5.88 Å². The highest BCUT2D eigenvalue weighted by Crippen LogP contribution is 2.23. The lowest BCUT2D eigenvalue weighted by atomic mass is 10.1. The first-order valence-corrected chi connectivity index (χ1v) is 7.75. The molecule has 0 spiro atoms. The minimum atomic E-state index is -3.50. The van der Waals surface area contributed by atoms with Crippen LogP contribution in [0.25, 0.3) is 11.3 Å². The van der Waals surface area contributed by atoms with Crippen molar-refractivity contribution in [3.05, 3.63) is 35.4 Å². The Labute approximate surface area is 121 Å². The molecule has 0 atom stereocenters. The fraction of sp³-hybridized carbons (Fsp3) is 0.250. The van der Waals surface area contributed by atoms with Crippen molar-refractivity contribution in [2.45, 2.75) is 0 Å². The van der Waals surface area contributed by atoms with Gasteiger partial charge in [0.1, 0.15) is 5.69 Å². The molecule has 8 heteroatoms. The molecule has 1 N–H and O–H groups in total. The van der Waals surface area contributed by atoms with E-state index in [4.69, 9.17) is 20.9 Å². The Morgan fingerprint density at radius 1 is 1.35 bits per heavy atom. The lowest BCUT2D eigenvalue weighted by Crippen LogP contribution is -2.19. The minimum Gasteiger partial charge on any atom is -0.384 e. The van der Waals surface area contributed by atoms with E-state index in [1.807, 2.05) is 0 Å². The van der Waals surface area contributed by atoms with Gasteiger partial charge in [-0.1, -0.05) is 28.9 Å². The van der Waals surface area contributed by atoms with Crippen molar-refractivity contribution in [3.63, 3.8) is 0 Å². The van der Waals surface area contributed by atoms with E-state index >= 15 is 0 Å². The molecular weight excluding hydrogens is 304 g/mol. The predicted molar refractivity (Wildman–Crippen MR) is 76.2 cm³/mol. The second-order valence-electron chi connectivity index (χ2n) is 4.00. The van der Waals surface area contributed by atoms with Crippen molar-refractivity contribution in [1.82, 2.24) is 5.16 Å². The van der Waals surface area contributed by atoms with E-state index in [9.17, 15) is 8.42 Å². The molecule has 2 aromatic rings. The molecule has 1 aromatic carbocycles. The average Bonchev–Trinajstić information content (AvgIpc) is 2.85. The second-order valence-corrected chi connectivity index (χ2v) is 6.28. The Balaban J connectivity index is 2.11. The number of nitrogens with one attached hydrogen (secondary N) is 1. The van der Waals surface area contributed by atoms with Crippen LogP contribution < -0.4 is 4.72 Å². The van der Waals surface area contributed by atoms with E-state index in [2.05, 4.69) is 9.88 Å². The largest absolute Gasteiger partial charge is 0.384 e. The van der Waals surface area contributed by atoms with Crippen LogP contribution in [0.1, 0.15) is 0 Å². The topological polar surface area (TPSA) is 81.4 Å². The highest BCUT2D eigenvalue weighted by Gasteiger charge is 2.14. The standard InChI is InChI=1S/C12H13ClN2O4S/c1-18-6-7-20(16,17)15-12-8-11(14-19-12)9-2-4-10(13)5-3-9/h2-5,8,15H,6-7H2,1H3. The monoisotopic (exact) mass is 316 g/mol. The van der Waals surface area contributed by atoms with Gasteiger partial charge in [-0.25, -0.2) is 8.42 Å². The maximum Gasteiger partial charge on any atom is 0.238 e. The fourth-order valence-corrected chi connectivity index (χ4v) is 2.49. The van der Waals surface area contributed by atoms with Crippen LogP contribution in [0.5, 0.6) is 0 Å². The smallest absolute Gasteiger partial charge is 0.238 e. The Morgan fingerprint density at radius 3 is 2.70 bits per heavy atom. The third-order valence-corrected chi connectivity index (χ3v) is 3.93. The van der Waals surface area contributed by atoms with Gasteiger partial charge in [0.25, 0.3) is 0 Å². The molecule has 0 saturated heterocycles. The SMILES string of the molecule is COCCS(=O)(=O)Nc1cc(-c2ccc(Cl)cc2)no1. The van der Waals surface area contributed by atoms with Crippen molar-refractivity contribution in [1.29, 1.82) is 0 Å². The van der Waals surface area contributed by atoms with Crippen molar-refractivity contribution >= 4 is 27.5 Å². The van der Waals surface area contributed by atoms with Crippen molar-refractivity contribution in [2.24, 2.45) is 0 Å². The molecule has 6 nitrogen and oxygen atoms in total. The summed E-state index contributed by atoms with van der Waals surface area (Å²) in [5.41, 5.74) is 1.30. The highest BCUT2D eigenvalue weighted by molar-refractivity contribution is 7.92. The quantitative estimate of drug-likeness (QED) is 0.885. The molecule has 0 radical (unpaired) electrons. The van der Waals surface area contributed by atoms with E-state index in [0.29, 0.717) is 10.7 Å². The zero-order chi connectivity index (χ0) is 14.6. The molecule has 0 amide bonds. The molecule has 0 bridgehead atoms. The van der Waals surface area contributed by atoms with E-state index in [1.54, 1.807) is 24.3 Å². The van der Waals surface area contributed by atoms with Gasteiger partial charge < -0.3 is 9.26 Å². The molecule has 0 aliphatic carbocycles. The van der Waals surface area contributed by atoms with Gasteiger partial charge in [0.15, 0.2) is 0 Å². The molecule has 0 aliphatic rings. The van der Waals surface area contributed by atoms with Crippen LogP contribution in [0.3, 0.4) is 0 Å². The normalized spacial score (nSPS) is 11.5. The number of rotatable bonds is 6. The molecule has 20 heavy (non-hydrogen) atoms. The summed E-state index contributed by atoms with van der Waals surface area (Å²) in [7, 11) is -2.07.